The number of aliphatic hydroxyl groups is 1. The van der Waals surface area contributed by atoms with E-state index in [9.17, 15) is 35.1 Å². The van der Waals surface area contributed by atoms with Gasteiger partial charge >= 0.3 is 0 Å². The third-order valence-electron chi connectivity index (χ3n) is 11.0. The number of phenols is 4. The molecular weight excluding hydrogens is 668 g/mol. The molecule has 53 heavy (non-hydrogen) atoms. The quantitative estimate of drug-likeness (QED) is 0.186. The van der Waals surface area contributed by atoms with Crippen molar-refractivity contribution < 1.29 is 35.1 Å². The van der Waals surface area contributed by atoms with Gasteiger partial charge in [0, 0.05) is 57.6 Å². The predicted molar refractivity (Wildman–Crippen MR) is 210 cm³/mol. The van der Waals surface area contributed by atoms with Crippen molar-refractivity contribution >= 4 is 11.8 Å². The van der Waals surface area contributed by atoms with Crippen molar-refractivity contribution in [2.24, 2.45) is 23.7 Å². The van der Waals surface area contributed by atoms with Gasteiger partial charge in [0.2, 0.25) is 11.8 Å². The Kier molecular flexibility index (Phi) is 13.7. The highest BCUT2D eigenvalue weighted by Gasteiger charge is 2.32. The number of hydrogen-bond acceptors (Lipinski definition) is 7. The summed E-state index contributed by atoms with van der Waals surface area (Å²) < 4.78 is 0. The Hall–Kier alpha value is -4.50. The highest BCUT2D eigenvalue weighted by atomic mass is 16.3. The topological polar surface area (TPSA) is 142 Å². The number of rotatable bonds is 7. The standard InChI is InChI=1S/C22H29NO3.C12H15NO3.C10H16O/c1-13(2)18-6-5-14(3)7-19(18)22-20(25)9-16(10-21(22)26)8-17-11-23(12-17)15(4)24;1-8(14)13-6-10(7-13)2-9-3-11(15)5-12(16)4-9;1-8(2)9-4-6-10(3,11)7-5-9/h7,9-10,17-19,25-26H,1,5-6,8,11-12H2,2-4H3;3-5,10,15-16H,2,6-7H2,1H3;4,6,9,11H,1,5,7H2,2-3H3/t18-,19+;;9-,10+/m0.0/s1. The molecule has 4 aliphatic rings. The van der Waals surface area contributed by atoms with Gasteiger partial charge in [-0.1, -0.05) is 48.1 Å². The number of hydrogen-bond donors (Lipinski definition) is 5. The molecule has 2 heterocycles. The van der Waals surface area contributed by atoms with Gasteiger partial charge in [0.25, 0.3) is 0 Å². The molecule has 2 fully saturated rings. The number of carbonyl (C=O) groups is 2. The lowest BCUT2D eigenvalue weighted by Gasteiger charge is -2.39. The Balaban J connectivity index is 0.000000197. The van der Waals surface area contributed by atoms with E-state index in [1.165, 1.54) is 17.2 Å². The molecule has 2 aliphatic carbocycles. The van der Waals surface area contributed by atoms with Crippen LogP contribution in [0.15, 0.2) is 78.4 Å². The summed E-state index contributed by atoms with van der Waals surface area (Å²) >= 11 is 0. The second kappa shape index (κ2) is 17.5. The van der Waals surface area contributed by atoms with Crippen molar-refractivity contribution in [1.82, 2.24) is 9.80 Å². The van der Waals surface area contributed by atoms with Crippen molar-refractivity contribution in [3.8, 4) is 23.0 Å². The molecule has 2 aromatic carbocycles. The van der Waals surface area contributed by atoms with E-state index in [1.807, 2.05) is 31.7 Å². The highest BCUT2D eigenvalue weighted by molar-refractivity contribution is 5.74. The van der Waals surface area contributed by atoms with Crippen molar-refractivity contribution in [2.45, 2.75) is 91.6 Å². The summed E-state index contributed by atoms with van der Waals surface area (Å²) in [7, 11) is 0. The molecule has 288 valence electrons. The highest BCUT2D eigenvalue weighted by Crippen LogP contribution is 2.46. The van der Waals surface area contributed by atoms with Gasteiger partial charge in [0.05, 0.1) is 5.60 Å². The molecule has 2 saturated heterocycles. The maximum atomic E-state index is 11.3. The molecule has 6 rings (SSSR count). The SMILES string of the molecule is C=C(C)[C@@H]1CCC(C)=C[C@H]1c1c(O)cc(CC2CN(C(C)=O)C2)cc1O.C=C(C)[C@H]1C=C[C@@](C)(O)CC1.CC(=O)N1CC(Cc2cc(O)cc(O)c2)C1. The van der Waals surface area contributed by atoms with Gasteiger partial charge in [0.1, 0.15) is 23.0 Å². The van der Waals surface area contributed by atoms with E-state index in [0.29, 0.717) is 23.3 Å². The van der Waals surface area contributed by atoms with Crippen molar-refractivity contribution in [1.29, 1.82) is 0 Å². The van der Waals surface area contributed by atoms with E-state index in [2.05, 4.69) is 32.2 Å². The van der Waals surface area contributed by atoms with Crippen molar-refractivity contribution in [3.63, 3.8) is 0 Å². The number of carbonyl (C=O) groups excluding carboxylic acids is 2. The van der Waals surface area contributed by atoms with Crippen LogP contribution in [0.1, 0.15) is 89.8 Å². The van der Waals surface area contributed by atoms with Crippen LogP contribution in [0, 0.1) is 23.7 Å². The Bertz CT molecular complexity index is 1690. The van der Waals surface area contributed by atoms with Crippen molar-refractivity contribution in [2.75, 3.05) is 26.2 Å². The fourth-order valence-corrected chi connectivity index (χ4v) is 7.76. The first-order valence-electron chi connectivity index (χ1n) is 18.8. The summed E-state index contributed by atoms with van der Waals surface area (Å²) in [6.45, 7) is 22.2. The van der Waals surface area contributed by atoms with Gasteiger partial charge in [-0.15, -0.1) is 0 Å². The second-order valence-electron chi connectivity index (χ2n) is 16.1. The molecule has 9 heteroatoms. The lowest BCUT2D eigenvalue weighted by molar-refractivity contribution is -0.135. The molecule has 2 aliphatic heterocycles. The molecular formula is C44H60N2O7. The Morgan fingerprint density at radius 1 is 0.774 bits per heavy atom. The van der Waals surface area contributed by atoms with E-state index in [1.54, 1.807) is 43.0 Å². The molecule has 4 atom stereocenters. The van der Waals surface area contributed by atoms with Gasteiger partial charge in [0.15, 0.2) is 0 Å². The summed E-state index contributed by atoms with van der Waals surface area (Å²) in [5.74, 6) is 2.20. The van der Waals surface area contributed by atoms with Crippen LogP contribution < -0.4 is 0 Å². The van der Waals surface area contributed by atoms with Crippen LogP contribution in [-0.2, 0) is 22.4 Å². The molecule has 2 aromatic rings. The first-order chi connectivity index (χ1) is 24.8. The third kappa shape index (κ3) is 11.5. The number of nitrogens with zero attached hydrogens (tertiary/aromatic N) is 2. The van der Waals surface area contributed by atoms with E-state index in [4.69, 9.17) is 0 Å². The smallest absolute Gasteiger partial charge is 0.219 e. The van der Waals surface area contributed by atoms with Crippen LogP contribution >= 0.6 is 0 Å². The maximum Gasteiger partial charge on any atom is 0.219 e. The molecule has 9 nitrogen and oxygen atoms in total. The van der Waals surface area contributed by atoms with Crippen LogP contribution in [0.25, 0.3) is 0 Å². The molecule has 0 radical (unpaired) electrons. The summed E-state index contributed by atoms with van der Waals surface area (Å²) in [6, 6.07) is 8.16. The third-order valence-corrected chi connectivity index (χ3v) is 11.0. The number of phenolic OH excluding ortho intramolecular Hbond substituents is 4. The second-order valence-corrected chi connectivity index (χ2v) is 16.1. The zero-order valence-corrected chi connectivity index (χ0v) is 32.4. The van der Waals surface area contributed by atoms with Crippen LogP contribution in [0.5, 0.6) is 23.0 Å². The largest absolute Gasteiger partial charge is 0.508 e. The normalized spacial score (nSPS) is 24.0. The van der Waals surface area contributed by atoms with E-state index in [0.717, 1.165) is 81.4 Å². The van der Waals surface area contributed by atoms with Gasteiger partial charge in [-0.3, -0.25) is 9.59 Å². The van der Waals surface area contributed by atoms with E-state index in [-0.39, 0.29) is 46.6 Å². The number of benzene rings is 2. The average Bonchev–Trinajstić information content (AvgIpc) is 2.99. The van der Waals surface area contributed by atoms with Crippen LogP contribution in [-0.4, -0.2) is 78.9 Å². The first-order valence-corrected chi connectivity index (χ1v) is 18.8. The van der Waals surface area contributed by atoms with Crippen LogP contribution in [0.4, 0.5) is 0 Å². The summed E-state index contributed by atoms with van der Waals surface area (Å²) in [6.07, 6.45) is 11.5. The summed E-state index contributed by atoms with van der Waals surface area (Å²) in [5, 5.41) is 49.5. The Morgan fingerprint density at radius 3 is 1.68 bits per heavy atom. The molecule has 0 saturated carbocycles. The molecule has 2 amide bonds. The number of amides is 2. The van der Waals surface area contributed by atoms with Gasteiger partial charge in [-0.05, 0) is 125 Å². The zero-order chi connectivity index (χ0) is 39.2. The summed E-state index contributed by atoms with van der Waals surface area (Å²) in [4.78, 5) is 25.9. The van der Waals surface area contributed by atoms with Gasteiger partial charge < -0.3 is 35.3 Å². The van der Waals surface area contributed by atoms with E-state index < -0.39 is 5.60 Å². The Morgan fingerprint density at radius 2 is 1.26 bits per heavy atom. The molecule has 0 unspecified atom stereocenters. The molecule has 5 N–H and O–H groups in total. The predicted octanol–water partition coefficient (Wildman–Crippen LogP) is 7.53. The zero-order valence-electron chi connectivity index (χ0n) is 32.4. The van der Waals surface area contributed by atoms with Crippen LogP contribution in [0.2, 0.25) is 0 Å². The summed E-state index contributed by atoms with van der Waals surface area (Å²) in [5.41, 5.74) is 5.42. The first kappa shape index (κ1) is 41.3. The fourth-order valence-electron chi connectivity index (χ4n) is 7.76. The lowest BCUT2D eigenvalue weighted by Crippen LogP contribution is -2.49. The van der Waals surface area contributed by atoms with Gasteiger partial charge in [-0.25, -0.2) is 0 Å². The number of aromatic hydroxyl groups is 4. The minimum Gasteiger partial charge on any atom is -0.508 e. The number of allylic oxidation sites excluding steroid dienone is 5. The molecule has 0 spiro atoms. The van der Waals surface area contributed by atoms with Crippen molar-refractivity contribution in [3.05, 3.63) is 95.1 Å². The average molecular weight is 729 g/mol. The minimum atomic E-state index is -0.577. The van der Waals surface area contributed by atoms with Crippen LogP contribution in [0.3, 0.4) is 0 Å². The van der Waals surface area contributed by atoms with E-state index >= 15 is 0 Å². The minimum absolute atomic E-state index is 0.0350. The Labute approximate surface area is 315 Å². The van der Waals surface area contributed by atoms with Gasteiger partial charge in [-0.2, -0.15) is 0 Å². The molecule has 0 bridgehead atoms. The number of likely N-dealkylation sites (tertiary alicyclic amines) is 2. The molecule has 0 aromatic heterocycles. The fraction of sp³-hybridized carbons (Fsp3) is 0.500. The maximum absolute atomic E-state index is 11.3. The lowest BCUT2D eigenvalue weighted by atomic mass is 9.73. The monoisotopic (exact) mass is 728 g/mol.